The maximum Gasteiger partial charge on any atom is 0.259 e. The first-order valence-electron chi connectivity index (χ1n) is 7.77. The molecule has 0 saturated heterocycles. The van der Waals surface area contributed by atoms with Crippen LogP contribution in [0.15, 0.2) is 69.6 Å². The number of carbonyl (C=O) groups is 1. The molecular weight excluding hydrogens is 462 g/mol. The Kier molecular flexibility index (Phi) is 5.64. The van der Waals surface area contributed by atoms with Gasteiger partial charge in [0.2, 0.25) is 0 Å². The van der Waals surface area contributed by atoms with Crippen molar-refractivity contribution in [3.63, 3.8) is 0 Å². The Labute approximate surface area is 168 Å². The number of amides is 1. The molecule has 0 aliphatic heterocycles. The lowest BCUT2D eigenvalue weighted by molar-refractivity contribution is 0.102. The summed E-state index contributed by atoms with van der Waals surface area (Å²) in [6.07, 6.45) is 0. The molecule has 0 saturated carbocycles. The number of hydrogen-bond donors (Lipinski definition) is 2. The van der Waals surface area contributed by atoms with E-state index in [4.69, 9.17) is 4.74 Å². The van der Waals surface area contributed by atoms with Crippen molar-refractivity contribution in [2.45, 2.75) is 6.92 Å². The summed E-state index contributed by atoms with van der Waals surface area (Å²) in [7, 11) is 0. The third-order valence-corrected chi connectivity index (χ3v) is 4.69. The molecule has 26 heavy (non-hydrogen) atoms. The van der Waals surface area contributed by atoms with E-state index < -0.39 is 5.91 Å². The van der Waals surface area contributed by atoms with Crippen molar-refractivity contribution in [3.8, 4) is 17.2 Å². The maximum absolute atomic E-state index is 12.7. The van der Waals surface area contributed by atoms with Crippen molar-refractivity contribution in [1.82, 2.24) is 0 Å². The Hall–Kier alpha value is -2.31. The number of benzene rings is 3. The van der Waals surface area contributed by atoms with Crippen LogP contribution in [-0.4, -0.2) is 11.0 Å². The number of halogens is 2. The van der Waals surface area contributed by atoms with Gasteiger partial charge in [0, 0.05) is 4.47 Å². The molecule has 0 aliphatic carbocycles. The minimum Gasteiger partial charge on any atom is -0.506 e. The lowest BCUT2D eigenvalue weighted by Gasteiger charge is -2.14. The quantitative estimate of drug-likeness (QED) is 0.466. The number of ether oxygens (including phenoxy) is 1. The fourth-order valence-electron chi connectivity index (χ4n) is 2.37. The van der Waals surface area contributed by atoms with Crippen molar-refractivity contribution >= 4 is 43.5 Å². The predicted molar refractivity (Wildman–Crippen MR) is 109 cm³/mol. The van der Waals surface area contributed by atoms with Crippen molar-refractivity contribution in [3.05, 3.63) is 80.7 Å². The molecule has 0 spiro atoms. The van der Waals surface area contributed by atoms with Gasteiger partial charge in [-0.3, -0.25) is 4.79 Å². The number of hydrogen-bond acceptors (Lipinski definition) is 3. The van der Waals surface area contributed by atoms with Crippen LogP contribution in [0.3, 0.4) is 0 Å². The second kappa shape index (κ2) is 7.93. The van der Waals surface area contributed by atoms with E-state index >= 15 is 0 Å². The van der Waals surface area contributed by atoms with Crippen molar-refractivity contribution in [1.29, 1.82) is 0 Å². The largest absolute Gasteiger partial charge is 0.506 e. The fraction of sp³-hybridized carbons (Fsp3) is 0.0500. The number of rotatable bonds is 4. The molecule has 0 aliphatic rings. The highest BCUT2D eigenvalue weighted by molar-refractivity contribution is 9.11. The summed E-state index contributed by atoms with van der Waals surface area (Å²) >= 11 is 6.56. The first kappa shape index (κ1) is 18.5. The number of aromatic hydroxyl groups is 1. The van der Waals surface area contributed by atoms with Crippen LogP contribution in [-0.2, 0) is 0 Å². The van der Waals surface area contributed by atoms with Gasteiger partial charge in [-0.1, -0.05) is 40.2 Å². The summed E-state index contributed by atoms with van der Waals surface area (Å²) in [5.74, 6) is 0.625. The second-order valence-electron chi connectivity index (χ2n) is 5.65. The summed E-state index contributed by atoms with van der Waals surface area (Å²) in [5, 5.41) is 13.0. The lowest BCUT2D eigenvalue weighted by Crippen LogP contribution is -2.13. The number of nitrogens with one attached hydrogen (secondary N) is 1. The Morgan fingerprint density at radius 1 is 1.04 bits per heavy atom. The highest BCUT2D eigenvalue weighted by Gasteiger charge is 2.17. The van der Waals surface area contributed by atoms with Crippen molar-refractivity contribution in [2.75, 3.05) is 5.32 Å². The summed E-state index contributed by atoms with van der Waals surface area (Å²) in [6.45, 7) is 1.93. The molecule has 0 radical (unpaired) electrons. The third kappa shape index (κ3) is 4.26. The molecule has 0 heterocycles. The van der Waals surface area contributed by atoms with Gasteiger partial charge in [0.25, 0.3) is 5.91 Å². The summed E-state index contributed by atoms with van der Waals surface area (Å²) in [4.78, 5) is 12.7. The highest BCUT2D eigenvalue weighted by Crippen LogP contribution is 2.34. The number of phenolic OH excluding ortho intramolecular Hbond substituents is 1. The average Bonchev–Trinajstić information content (AvgIpc) is 2.61. The van der Waals surface area contributed by atoms with Crippen LogP contribution in [0.5, 0.6) is 17.2 Å². The van der Waals surface area contributed by atoms with Crippen LogP contribution in [0, 0.1) is 6.92 Å². The Bertz CT molecular complexity index is 959. The average molecular weight is 477 g/mol. The van der Waals surface area contributed by atoms with Gasteiger partial charge >= 0.3 is 0 Å². The minimum absolute atomic E-state index is 0.121. The first-order chi connectivity index (χ1) is 12.4. The van der Waals surface area contributed by atoms with E-state index in [1.165, 1.54) is 0 Å². The molecule has 6 heteroatoms. The second-order valence-corrected chi connectivity index (χ2v) is 7.42. The molecule has 0 unspecified atom stereocenters. The third-order valence-electron chi connectivity index (χ3n) is 3.63. The van der Waals surface area contributed by atoms with E-state index in [2.05, 4.69) is 37.2 Å². The summed E-state index contributed by atoms with van der Waals surface area (Å²) in [6, 6.07) is 18.1. The Balaban J connectivity index is 1.92. The normalized spacial score (nSPS) is 10.4. The van der Waals surface area contributed by atoms with Gasteiger partial charge in [0.1, 0.15) is 11.5 Å². The number of anilines is 1. The van der Waals surface area contributed by atoms with E-state index in [1.807, 2.05) is 49.4 Å². The SMILES string of the molecule is Cc1ccc(Oc2ccccc2)c(NC(=O)c2cc(Br)cc(Br)c2O)c1. The molecule has 2 N–H and O–H groups in total. The zero-order valence-electron chi connectivity index (χ0n) is 13.8. The van der Waals surface area contributed by atoms with E-state index in [-0.39, 0.29) is 11.3 Å². The summed E-state index contributed by atoms with van der Waals surface area (Å²) in [5.41, 5.74) is 1.65. The molecule has 132 valence electrons. The Morgan fingerprint density at radius 3 is 2.50 bits per heavy atom. The Morgan fingerprint density at radius 2 is 1.77 bits per heavy atom. The van der Waals surface area contributed by atoms with Crippen LogP contribution in [0.2, 0.25) is 0 Å². The predicted octanol–water partition coefficient (Wildman–Crippen LogP) is 6.27. The van der Waals surface area contributed by atoms with Crippen LogP contribution in [0.1, 0.15) is 15.9 Å². The van der Waals surface area contributed by atoms with E-state index in [0.29, 0.717) is 26.1 Å². The molecule has 0 atom stereocenters. The van der Waals surface area contributed by atoms with Crippen LogP contribution in [0.25, 0.3) is 0 Å². The molecular formula is C20H15Br2NO3. The summed E-state index contributed by atoms with van der Waals surface area (Å²) < 4.78 is 6.99. The molecule has 1 amide bonds. The number of phenols is 1. The van der Waals surface area contributed by atoms with Crippen molar-refractivity contribution < 1.29 is 14.6 Å². The van der Waals surface area contributed by atoms with Crippen molar-refractivity contribution in [2.24, 2.45) is 0 Å². The maximum atomic E-state index is 12.7. The lowest BCUT2D eigenvalue weighted by atomic mass is 10.1. The van der Waals surface area contributed by atoms with Crippen LogP contribution in [0.4, 0.5) is 5.69 Å². The van der Waals surface area contributed by atoms with E-state index in [1.54, 1.807) is 18.2 Å². The molecule has 0 fully saturated rings. The van der Waals surface area contributed by atoms with E-state index in [9.17, 15) is 9.90 Å². The standard InChI is InChI=1S/C20H15Br2NO3/c1-12-7-8-18(26-14-5-3-2-4-6-14)17(9-12)23-20(25)15-10-13(21)11-16(22)19(15)24/h2-11,24H,1H3,(H,23,25). The van der Waals surface area contributed by atoms with Gasteiger partial charge in [-0.05, 0) is 64.8 Å². The monoisotopic (exact) mass is 475 g/mol. The molecule has 4 nitrogen and oxygen atoms in total. The topological polar surface area (TPSA) is 58.6 Å². The molecule has 0 aromatic heterocycles. The van der Waals surface area contributed by atoms with Gasteiger partial charge in [0.05, 0.1) is 15.7 Å². The van der Waals surface area contributed by atoms with Gasteiger partial charge in [-0.2, -0.15) is 0 Å². The van der Waals surface area contributed by atoms with Crippen LogP contribution >= 0.6 is 31.9 Å². The smallest absolute Gasteiger partial charge is 0.259 e. The van der Waals surface area contributed by atoms with Crippen LogP contribution < -0.4 is 10.1 Å². The number of carbonyl (C=O) groups excluding carboxylic acids is 1. The number of aryl methyl sites for hydroxylation is 1. The zero-order valence-corrected chi connectivity index (χ0v) is 17.0. The van der Waals surface area contributed by atoms with Gasteiger partial charge in [-0.15, -0.1) is 0 Å². The van der Waals surface area contributed by atoms with Gasteiger partial charge in [-0.25, -0.2) is 0 Å². The molecule has 3 aromatic carbocycles. The minimum atomic E-state index is -0.437. The van der Waals surface area contributed by atoms with Gasteiger partial charge < -0.3 is 15.2 Å². The number of para-hydroxylation sites is 1. The first-order valence-corrected chi connectivity index (χ1v) is 9.35. The highest BCUT2D eigenvalue weighted by atomic mass is 79.9. The fourth-order valence-corrected chi connectivity index (χ4v) is 3.60. The molecule has 3 rings (SSSR count). The van der Waals surface area contributed by atoms with E-state index in [0.717, 1.165) is 5.56 Å². The van der Waals surface area contributed by atoms with Gasteiger partial charge in [0.15, 0.2) is 5.75 Å². The zero-order chi connectivity index (χ0) is 18.7. The molecule has 3 aromatic rings. The molecule has 0 bridgehead atoms.